The van der Waals surface area contributed by atoms with Crippen LogP contribution < -0.4 is 10.6 Å². The quantitative estimate of drug-likeness (QED) is 0.708. The first kappa shape index (κ1) is 21.2. The molecule has 4 rings (SSSR count). The molecule has 2 aromatic rings. The van der Waals surface area contributed by atoms with E-state index in [9.17, 15) is 22.8 Å². The Kier molecular flexibility index (Phi) is 5.40. The van der Waals surface area contributed by atoms with E-state index >= 15 is 0 Å². The van der Waals surface area contributed by atoms with E-state index in [1.54, 1.807) is 0 Å². The lowest BCUT2D eigenvalue weighted by Gasteiger charge is -2.34. The minimum Gasteiger partial charge on any atom is -0.322 e. The lowest BCUT2D eigenvalue weighted by molar-refractivity contribution is 0.0878. The van der Waals surface area contributed by atoms with Gasteiger partial charge in [-0.2, -0.15) is 4.31 Å². The van der Waals surface area contributed by atoms with Crippen LogP contribution in [0.3, 0.4) is 0 Å². The Balaban J connectivity index is 1.49. The number of benzene rings is 2. The Hall–Kier alpha value is -3.04. The summed E-state index contributed by atoms with van der Waals surface area (Å²) in [6.07, 6.45) is 1.00. The predicted octanol–water partition coefficient (Wildman–Crippen LogP) is 2.49. The summed E-state index contributed by atoms with van der Waals surface area (Å²) >= 11 is 0. The number of sulfonamides is 1. The molecule has 162 valence electrons. The summed E-state index contributed by atoms with van der Waals surface area (Å²) < 4.78 is 27.5. The van der Waals surface area contributed by atoms with Crippen LogP contribution in [0.2, 0.25) is 0 Å². The van der Waals surface area contributed by atoms with Crippen molar-refractivity contribution >= 4 is 33.4 Å². The standard InChI is InChI=1S/C22H23N3O5S/c1-13-9-14(2)12-25(11-13)31(29,30)17-6-3-15(4-7-17)20(26)23-16-5-8-18-19(10-16)22(28)24-21(18)27/h3-8,10,13-14H,9,11-12H2,1-2H3,(H,23,26)(H,24,27,28). The van der Waals surface area contributed by atoms with Gasteiger partial charge in [-0.3, -0.25) is 19.7 Å². The van der Waals surface area contributed by atoms with Crippen molar-refractivity contribution in [1.29, 1.82) is 0 Å². The minimum absolute atomic E-state index is 0.151. The van der Waals surface area contributed by atoms with E-state index in [2.05, 4.69) is 10.6 Å². The molecule has 0 aliphatic carbocycles. The van der Waals surface area contributed by atoms with E-state index in [1.807, 2.05) is 13.8 Å². The zero-order chi connectivity index (χ0) is 22.3. The second-order valence-corrected chi connectivity index (χ2v) is 10.2. The molecule has 0 radical (unpaired) electrons. The third-order valence-electron chi connectivity index (χ3n) is 5.58. The summed E-state index contributed by atoms with van der Waals surface area (Å²) in [5.41, 5.74) is 1.11. The van der Waals surface area contributed by atoms with Gasteiger partial charge in [-0.15, -0.1) is 0 Å². The highest BCUT2D eigenvalue weighted by Crippen LogP contribution is 2.27. The average molecular weight is 442 g/mol. The molecule has 2 aliphatic heterocycles. The number of amides is 3. The van der Waals surface area contributed by atoms with Crippen LogP contribution in [-0.2, 0) is 10.0 Å². The maximum Gasteiger partial charge on any atom is 0.259 e. The first-order valence-electron chi connectivity index (χ1n) is 10.1. The summed E-state index contributed by atoms with van der Waals surface area (Å²) in [4.78, 5) is 36.1. The Morgan fingerprint density at radius 2 is 1.58 bits per heavy atom. The summed E-state index contributed by atoms with van der Waals surface area (Å²) in [6.45, 7) is 5.07. The van der Waals surface area contributed by atoms with Crippen molar-refractivity contribution in [2.45, 2.75) is 25.2 Å². The molecule has 1 saturated heterocycles. The van der Waals surface area contributed by atoms with E-state index in [4.69, 9.17) is 0 Å². The molecule has 2 N–H and O–H groups in total. The van der Waals surface area contributed by atoms with Gasteiger partial charge < -0.3 is 5.32 Å². The molecule has 0 saturated carbocycles. The average Bonchev–Trinajstić information content (AvgIpc) is 3.00. The van der Waals surface area contributed by atoms with Crippen molar-refractivity contribution in [3.63, 3.8) is 0 Å². The largest absolute Gasteiger partial charge is 0.322 e. The molecule has 0 bridgehead atoms. The number of hydrogen-bond acceptors (Lipinski definition) is 5. The fraction of sp³-hybridized carbons (Fsp3) is 0.318. The SMILES string of the molecule is CC1CC(C)CN(S(=O)(=O)c2ccc(C(=O)Nc3ccc4c(c3)C(=O)NC4=O)cc2)C1. The molecule has 8 nitrogen and oxygen atoms in total. The first-order chi connectivity index (χ1) is 14.6. The number of anilines is 1. The normalized spacial score (nSPS) is 21.5. The van der Waals surface area contributed by atoms with Gasteiger partial charge in [-0.25, -0.2) is 8.42 Å². The summed E-state index contributed by atoms with van der Waals surface area (Å²) in [5, 5.41) is 4.86. The van der Waals surface area contributed by atoms with Gasteiger partial charge in [-0.05, 0) is 60.7 Å². The fourth-order valence-corrected chi connectivity index (χ4v) is 5.86. The number of fused-ring (bicyclic) bond motifs is 1. The smallest absolute Gasteiger partial charge is 0.259 e. The van der Waals surface area contributed by atoms with Gasteiger partial charge in [0.15, 0.2) is 0 Å². The van der Waals surface area contributed by atoms with Crippen molar-refractivity contribution in [3.8, 4) is 0 Å². The highest BCUT2D eigenvalue weighted by Gasteiger charge is 2.32. The number of rotatable bonds is 4. The van der Waals surface area contributed by atoms with Gasteiger partial charge in [0.1, 0.15) is 0 Å². The number of piperidine rings is 1. The van der Waals surface area contributed by atoms with E-state index in [-0.39, 0.29) is 21.6 Å². The van der Waals surface area contributed by atoms with Crippen molar-refractivity contribution < 1.29 is 22.8 Å². The van der Waals surface area contributed by atoms with Crippen LogP contribution in [0.1, 0.15) is 51.3 Å². The van der Waals surface area contributed by atoms with Gasteiger partial charge in [0.25, 0.3) is 17.7 Å². The molecule has 9 heteroatoms. The van der Waals surface area contributed by atoms with Crippen LogP contribution in [0.5, 0.6) is 0 Å². The molecule has 2 heterocycles. The molecule has 1 fully saturated rings. The molecular weight excluding hydrogens is 418 g/mol. The number of nitrogens with one attached hydrogen (secondary N) is 2. The van der Waals surface area contributed by atoms with Crippen LogP contribution in [0.15, 0.2) is 47.4 Å². The zero-order valence-corrected chi connectivity index (χ0v) is 18.0. The molecule has 2 atom stereocenters. The van der Waals surface area contributed by atoms with E-state index in [1.165, 1.54) is 46.8 Å². The monoisotopic (exact) mass is 441 g/mol. The van der Waals surface area contributed by atoms with E-state index in [0.717, 1.165) is 6.42 Å². The lowest BCUT2D eigenvalue weighted by atomic mass is 9.94. The Bertz CT molecular complexity index is 1160. The molecule has 0 aromatic heterocycles. The second kappa shape index (κ2) is 7.90. The Morgan fingerprint density at radius 3 is 2.23 bits per heavy atom. The van der Waals surface area contributed by atoms with E-state index < -0.39 is 27.7 Å². The van der Waals surface area contributed by atoms with E-state index in [0.29, 0.717) is 30.6 Å². The first-order valence-corrected chi connectivity index (χ1v) is 11.5. The third-order valence-corrected chi connectivity index (χ3v) is 7.43. The number of carbonyl (C=O) groups is 3. The Morgan fingerprint density at radius 1 is 0.968 bits per heavy atom. The minimum atomic E-state index is -3.62. The van der Waals surface area contributed by atoms with Gasteiger partial charge in [-0.1, -0.05) is 13.8 Å². The Labute approximate surface area is 180 Å². The van der Waals surface area contributed by atoms with Crippen molar-refractivity contribution in [2.75, 3.05) is 18.4 Å². The second-order valence-electron chi connectivity index (χ2n) is 8.29. The molecule has 2 aromatic carbocycles. The predicted molar refractivity (Wildman–Crippen MR) is 114 cm³/mol. The van der Waals surface area contributed by atoms with Crippen molar-refractivity contribution in [3.05, 3.63) is 59.2 Å². The van der Waals surface area contributed by atoms with Crippen molar-refractivity contribution in [1.82, 2.24) is 9.62 Å². The summed E-state index contributed by atoms with van der Waals surface area (Å²) in [7, 11) is -3.62. The van der Waals surface area contributed by atoms with Crippen LogP contribution in [0.4, 0.5) is 5.69 Å². The number of hydrogen-bond donors (Lipinski definition) is 2. The lowest BCUT2D eigenvalue weighted by Crippen LogP contribution is -2.42. The molecule has 0 spiro atoms. The van der Waals surface area contributed by atoms with Crippen molar-refractivity contribution in [2.24, 2.45) is 11.8 Å². The summed E-state index contributed by atoms with van der Waals surface area (Å²) in [6, 6.07) is 10.2. The molecule has 3 amide bonds. The van der Waals surface area contributed by atoms with Gasteiger partial charge in [0.05, 0.1) is 16.0 Å². The van der Waals surface area contributed by atoms with Gasteiger partial charge in [0, 0.05) is 24.3 Å². The van der Waals surface area contributed by atoms with Crippen LogP contribution in [0.25, 0.3) is 0 Å². The van der Waals surface area contributed by atoms with Crippen LogP contribution in [-0.4, -0.2) is 43.5 Å². The maximum atomic E-state index is 13.0. The maximum absolute atomic E-state index is 13.0. The fourth-order valence-electron chi connectivity index (χ4n) is 4.18. The molecule has 31 heavy (non-hydrogen) atoms. The number of nitrogens with zero attached hydrogens (tertiary/aromatic N) is 1. The van der Waals surface area contributed by atoms with Gasteiger partial charge >= 0.3 is 0 Å². The highest BCUT2D eigenvalue weighted by atomic mass is 32.2. The molecule has 2 unspecified atom stereocenters. The zero-order valence-electron chi connectivity index (χ0n) is 17.2. The molecular formula is C22H23N3O5S. The van der Waals surface area contributed by atoms with Crippen LogP contribution >= 0.6 is 0 Å². The number of carbonyl (C=O) groups excluding carboxylic acids is 3. The van der Waals surface area contributed by atoms with Gasteiger partial charge in [0.2, 0.25) is 10.0 Å². The third kappa shape index (κ3) is 4.11. The number of imide groups is 1. The molecule has 2 aliphatic rings. The van der Waals surface area contributed by atoms with Crippen LogP contribution in [0, 0.1) is 11.8 Å². The highest BCUT2D eigenvalue weighted by molar-refractivity contribution is 7.89. The summed E-state index contributed by atoms with van der Waals surface area (Å²) in [5.74, 6) is -0.824. The topological polar surface area (TPSA) is 113 Å².